The predicted molar refractivity (Wildman–Crippen MR) is 91.1 cm³/mol. The van der Waals surface area contributed by atoms with Crippen molar-refractivity contribution in [2.24, 2.45) is 0 Å². The van der Waals surface area contributed by atoms with Crippen LogP contribution >= 0.6 is 0 Å². The summed E-state index contributed by atoms with van der Waals surface area (Å²) < 4.78 is 13.9. The maximum absolute atomic E-state index is 13.9. The molecular weight excluding hydrogens is 287 g/mol. The van der Waals surface area contributed by atoms with Crippen LogP contribution in [0, 0.1) is 5.82 Å². The normalized spacial score (nSPS) is 25.5. The van der Waals surface area contributed by atoms with Crippen molar-refractivity contribution in [1.82, 2.24) is 9.80 Å². The van der Waals surface area contributed by atoms with E-state index in [1.807, 2.05) is 6.07 Å². The van der Waals surface area contributed by atoms with Crippen LogP contribution in [0.2, 0.25) is 0 Å². The largest absolute Gasteiger partial charge is 0.304 e. The van der Waals surface area contributed by atoms with Crippen LogP contribution in [-0.2, 0) is 0 Å². The van der Waals surface area contributed by atoms with E-state index in [1.165, 1.54) is 16.7 Å². The van der Waals surface area contributed by atoms with E-state index in [0.29, 0.717) is 12.0 Å². The zero-order valence-corrected chi connectivity index (χ0v) is 13.6. The number of hydrogen-bond donors (Lipinski definition) is 0. The van der Waals surface area contributed by atoms with E-state index in [2.05, 4.69) is 47.2 Å². The van der Waals surface area contributed by atoms with Crippen molar-refractivity contribution in [1.29, 1.82) is 0 Å². The van der Waals surface area contributed by atoms with E-state index >= 15 is 0 Å². The first-order chi connectivity index (χ1) is 11.2. The van der Waals surface area contributed by atoms with Gasteiger partial charge in [-0.1, -0.05) is 36.4 Å². The molecule has 3 heteroatoms. The minimum Gasteiger partial charge on any atom is -0.304 e. The van der Waals surface area contributed by atoms with Gasteiger partial charge in [-0.05, 0) is 42.3 Å². The topological polar surface area (TPSA) is 6.48 Å². The van der Waals surface area contributed by atoms with Gasteiger partial charge >= 0.3 is 0 Å². The Morgan fingerprint density at radius 2 is 1.65 bits per heavy atom. The second-order valence-corrected chi connectivity index (χ2v) is 6.83. The van der Waals surface area contributed by atoms with Gasteiger partial charge in [0.25, 0.3) is 0 Å². The van der Waals surface area contributed by atoms with E-state index in [-0.39, 0.29) is 5.82 Å². The molecule has 1 heterocycles. The number of benzene rings is 2. The summed E-state index contributed by atoms with van der Waals surface area (Å²) in [6, 6.07) is 16.4. The third kappa shape index (κ3) is 2.79. The zero-order chi connectivity index (χ0) is 15.8. The monoisotopic (exact) mass is 310 g/mol. The smallest absolute Gasteiger partial charge is 0.123 e. The highest BCUT2D eigenvalue weighted by Crippen LogP contribution is 2.47. The van der Waals surface area contributed by atoms with Crippen LogP contribution in [0.15, 0.2) is 48.5 Å². The summed E-state index contributed by atoms with van der Waals surface area (Å²) in [5.41, 5.74) is 3.85. The maximum Gasteiger partial charge on any atom is 0.123 e. The lowest BCUT2D eigenvalue weighted by molar-refractivity contribution is 0.110. The fourth-order valence-electron chi connectivity index (χ4n) is 4.11. The van der Waals surface area contributed by atoms with Gasteiger partial charge in [0.2, 0.25) is 0 Å². The Kier molecular flexibility index (Phi) is 3.92. The average Bonchev–Trinajstić information content (AvgIpc) is 2.95. The minimum atomic E-state index is -0.114. The third-order valence-corrected chi connectivity index (χ3v) is 5.42. The first-order valence-corrected chi connectivity index (χ1v) is 8.49. The van der Waals surface area contributed by atoms with E-state index in [1.54, 1.807) is 12.1 Å². The first-order valence-electron chi connectivity index (χ1n) is 8.49. The lowest BCUT2D eigenvalue weighted by Crippen LogP contribution is -2.45. The van der Waals surface area contributed by atoms with E-state index in [9.17, 15) is 4.39 Å². The van der Waals surface area contributed by atoms with Gasteiger partial charge < -0.3 is 4.90 Å². The van der Waals surface area contributed by atoms with Crippen LogP contribution in [-0.4, -0.2) is 43.0 Å². The molecule has 0 amide bonds. The summed E-state index contributed by atoms with van der Waals surface area (Å²) in [4.78, 5) is 4.91. The Labute approximate surface area is 137 Å². The minimum absolute atomic E-state index is 0.114. The molecular formula is C20H23FN2. The Balaban J connectivity index is 1.69. The van der Waals surface area contributed by atoms with Crippen LogP contribution in [0.25, 0.3) is 0 Å². The number of hydrogen-bond acceptors (Lipinski definition) is 2. The van der Waals surface area contributed by atoms with Crippen molar-refractivity contribution in [3.05, 3.63) is 71.0 Å². The fraction of sp³-hybridized carbons (Fsp3) is 0.400. The van der Waals surface area contributed by atoms with E-state index in [0.717, 1.165) is 32.6 Å². The summed E-state index contributed by atoms with van der Waals surface area (Å²) in [5, 5.41) is 0. The molecule has 23 heavy (non-hydrogen) atoms. The number of nitrogens with zero attached hydrogens (tertiary/aromatic N) is 2. The third-order valence-electron chi connectivity index (χ3n) is 5.42. The molecule has 120 valence electrons. The predicted octanol–water partition coefficient (Wildman–Crippen LogP) is 3.65. The van der Waals surface area contributed by atoms with Crippen LogP contribution in [0.1, 0.15) is 35.1 Å². The highest BCUT2D eigenvalue weighted by atomic mass is 19.1. The zero-order valence-electron chi connectivity index (χ0n) is 13.6. The van der Waals surface area contributed by atoms with Gasteiger partial charge in [-0.25, -0.2) is 4.39 Å². The maximum atomic E-state index is 13.9. The van der Waals surface area contributed by atoms with Crippen LogP contribution < -0.4 is 0 Å². The second-order valence-electron chi connectivity index (χ2n) is 6.83. The van der Waals surface area contributed by atoms with Crippen molar-refractivity contribution in [3.8, 4) is 0 Å². The standard InChI is InChI=1S/C20H23FN2/c1-22-9-11-23(12-10-22)20-14-18(15-5-3-2-4-6-15)17-8-7-16(21)13-19(17)20/h2-8,13,18,20H,9-12,14H2,1H3/t18-,20+/m1/s1. The van der Waals surface area contributed by atoms with Gasteiger partial charge in [0.05, 0.1) is 0 Å². The molecule has 0 saturated carbocycles. The van der Waals surface area contributed by atoms with Crippen LogP contribution in [0.5, 0.6) is 0 Å². The van der Waals surface area contributed by atoms with Crippen molar-refractivity contribution >= 4 is 0 Å². The molecule has 1 aliphatic heterocycles. The number of piperazine rings is 1. The highest BCUT2D eigenvalue weighted by Gasteiger charge is 2.36. The Bertz CT molecular complexity index is 677. The van der Waals surface area contributed by atoms with Crippen molar-refractivity contribution < 1.29 is 4.39 Å². The van der Waals surface area contributed by atoms with Crippen molar-refractivity contribution in [3.63, 3.8) is 0 Å². The molecule has 0 aromatic heterocycles. The van der Waals surface area contributed by atoms with Gasteiger partial charge in [-0.15, -0.1) is 0 Å². The lowest BCUT2D eigenvalue weighted by Gasteiger charge is -2.37. The molecule has 2 nitrogen and oxygen atoms in total. The summed E-state index contributed by atoms with van der Waals surface area (Å²) >= 11 is 0. The van der Waals surface area contributed by atoms with E-state index in [4.69, 9.17) is 0 Å². The van der Waals surface area contributed by atoms with Gasteiger partial charge in [0, 0.05) is 38.1 Å². The Hall–Kier alpha value is -1.71. The van der Waals surface area contributed by atoms with Gasteiger partial charge in [0.15, 0.2) is 0 Å². The molecule has 0 radical (unpaired) electrons. The molecule has 0 spiro atoms. The number of halogens is 1. The summed E-state index contributed by atoms with van der Waals surface area (Å²) in [7, 11) is 2.17. The molecule has 1 fully saturated rings. The molecule has 0 N–H and O–H groups in total. The molecule has 0 unspecified atom stereocenters. The molecule has 1 aliphatic carbocycles. The van der Waals surface area contributed by atoms with Crippen LogP contribution in [0.3, 0.4) is 0 Å². The number of rotatable bonds is 2. The molecule has 1 saturated heterocycles. The second kappa shape index (κ2) is 6.06. The Morgan fingerprint density at radius 3 is 2.39 bits per heavy atom. The fourth-order valence-corrected chi connectivity index (χ4v) is 4.11. The lowest BCUT2D eigenvalue weighted by atomic mass is 9.93. The van der Waals surface area contributed by atoms with Crippen molar-refractivity contribution in [2.75, 3.05) is 33.2 Å². The quantitative estimate of drug-likeness (QED) is 0.835. The molecule has 4 rings (SSSR count). The number of fused-ring (bicyclic) bond motifs is 1. The number of likely N-dealkylation sites (N-methyl/N-ethyl adjacent to an activating group) is 1. The van der Waals surface area contributed by atoms with Gasteiger partial charge in [-0.3, -0.25) is 4.90 Å². The highest BCUT2D eigenvalue weighted by molar-refractivity contribution is 5.44. The summed E-state index contributed by atoms with van der Waals surface area (Å²) in [6.07, 6.45) is 1.06. The summed E-state index contributed by atoms with van der Waals surface area (Å²) in [6.45, 7) is 4.32. The molecule has 2 aromatic carbocycles. The van der Waals surface area contributed by atoms with Gasteiger partial charge in [0.1, 0.15) is 5.82 Å². The average molecular weight is 310 g/mol. The van der Waals surface area contributed by atoms with Gasteiger partial charge in [-0.2, -0.15) is 0 Å². The van der Waals surface area contributed by atoms with E-state index < -0.39 is 0 Å². The first kappa shape index (κ1) is 14.9. The van der Waals surface area contributed by atoms with Crippen molar-refractivity contribution in [2.45, 2.75) is 18.4 Å². The molecule has 2 aliphatic rings. The SMILES string of the molecule is CN1CCN([C@H]2C[C@H](c3ccccc3)c3ccc(F)cc32)CC1. The molecule has 2 aromatic rings. The van der Waals surface area contributed by atoms with Crippen LogP contribution in [0.4, 0.5) is 4.39 Å². The summed E-state index contributed by atoms with van der Waals surface area (Å²) in [5.74, 6) is 0.271. The Morgan fingerprint density at radius 1 is 0.913 bits per heavy atom. The molecule has 0 bridgehead atoms. The molecule has 2 atom stereocenters.